The van der Waals surface area contributed by atoms with E-state index in [-0.39, 0.29) is 18.9 Å². The van der Waals surface area contributed by atoms with E-state index in [1.54, 1.807) is 30.3 Å². The monoisotopic (exact) mass is 273 g/mol. The van der Waals surface area contributed by atoms with E-state index in [9.17, 15) is 14.4 Å². The number of rotatable bonds is 5. The third-order valence-electron chi connectivity index (χ3n) is 3.00. The van der Waals surface area contributed by atoms with Crippen LogP contribution in [0.1, 0.15) is 10.4 Å². The number of nitrogens with zero attached hydrogens (tertiary/aromatic N) is 3. The number of aromatic nitrogens is 3. The highest BCUT2D eigenvalue weighted by Crippen LogP contribution is 2.01. The summed E-state index contributed by atoms with van der Waals surface area (Å²) in [6.45, 7) is 3.55. The smallest absolute Gasteiger partial charge is 0.292 e. The number of carbonyl (C=O) groups is 1. The number of hydrogen-bond donors (Lipinski definition) is 0. The normalized spacial score (nSPS) is 10.4. The standard InChI is InChI=1S/C14H15N3O3/c1-3-9-16-13(19)15(2)14(20)17(16)10-12(18)11-7-5-4-6-8-11/h3-8H,1,9-10H2,2H3. The van der Waals surface area contributed by atoms with Gasteiger partial charge in [0, 0.05) is 12.6 Å². The first kappa shape index (κ1) is 13.8. The summed E-state index contributed by atoms with van der Waals surface area (Å²) in [5, 5.41) is 0. The van der Waals surface area contributed by atoms with Gasteiger partial charge < -0.3 is 0 Å². The zero-order valence-corrected chi connectivity index (χ0v) is 11.2. The molecule has 20 heavy (non-hydrogen) atoms. The topological polar surface area (TPSA) is 66.0 Å². The van der Waals surface area contributed by atoms with E-state index in [0.29, 0.717) is 5.56 Å². The molecule has 2 rings (SSSR count). The summed E-state index contributed by atoms with van der Waals surface area (Å²) < 4.78 is 3.32. The molecule has 0 unspecified atom stereocenters. The lowest BCUT2D eigenvalue weighted by Crippen LogP contribution is -2.29. The van der Waals surface area contributed by atoms with E-state index >= 15 is 0 Å². The van der Waals surface area contributed by atoms with Gasteiger partial charge in [0.15, 0.2) is 5.78 Å². The quantitative estimate of drug-likeness (QED) is 0.585. The van der Waals surface area contributed by atoms with Crippen LogP contribution in [-0.4, -0.2) is 19.7 Å². The van der Waals surface area contributed by atoms with Crippen molar-refractivity contribution in [1.82, 2.24) is 13.9 Å². The third kappa shape index (κ3) is 2.40. The summed E-state index contributed by atoms with van der Waals surface area (Å²) in [7, 11) is 1.38. The SMILES string of the molecule is C=CCn1c(=O)n(C)c(=O)n1CC(=O)c1ccccc1. The summed E-state index contributed by atoms with van der Waals surface area (Å²) >= 11 is 0. The molecule has 0 amide bonds. The second kappa shape index (κ2) is 5.56. The Kier molecular flexibility index (Phi) is 3.84. The van der Waals surface area contributed by atoms with Crippen molar-refractivity contribution in [3.63, 3.8) is 0 Å². The van der Waals surface area contributed by atoms with Gasteiger partial charge in [0.1, 0.15) is 6.54 Å². The van der Waals surface area contributed by atoms with Gasteiger partial charge in [0.25, 0.3) is 0 Å². The molecule has 0 aliphatic heterocycles. The Labute approximate surface area is 115 Å². The Morgan fingerprint density at radius 3 is 2.35 bits per heavy atom. The van der Waals surface area contributed by atoms with E-state index in [1.807, 2.05) is 0 Å². The maximum atomic E-state index is 12.1. The number of allylic oxidation sites excluding steroid dienone is 1. The van der Waals surface area contributed by atoms with Crippen LogP contribution in [0, 0.1) is 0 Å². The van der Waals surface area contributed by atoms with Crippen molar-refractivity contribution in [1.29, 1.82) is 0 Å². The van der Waals surface area contributed by atoms with Crippen molar-refractivity contribution >= 4 is 5.78 Å². The fraction of sp³-hybridized carbons (Fsp3) is 0.214. The largest absolute Gasteiger partial charge is 0.347 e. The highest BCUT2D eigenvalue weighted by atomic mass is 16.2. The molecule has 0 saturated heterocycles. The van der Waals surface area contributed by atoms with Crippen LogP contribution in [-0.2, 0) is 20.1 Å². The van der Waals surface area contributed by atoms with Crippen LogP contribution in [0.4, 0.5) is 0 Å². The molecule has 2 aromatic rings. The first-order valence-corrected chi connectivity index (χ1v) is 6.12. The van der Waals surface area contributed by atoms with Crippen LogP contribution in [0.15, 0.2) is 52.6 Å². The predicted octanol–water partition coefficient (Wildman–Crippen LogP) is 0.417. The van der Waals surface area contributed by atoms with Gasteiger partial charge in [-0.25, -0.2) is 23.5 Å². The Hall–Kier alpha value is -2.63. The molecule has 1 heterocycles. The van der Waals surface area contributed by atoms with Crippen LogP contribution >= 0.6 is 0 Å². The van der Waals surface area contributed by atoms with Crippen molar-refractivity contribution < 1.29 is 4.79 Å². The van der Waals surface area contributed by atoms with E-state index in [1.165, 1.54) is 17.8 Å². The highest BCUT2D eigenvalue weighted by molar-refractivity contribution is 5.95. The molecule has 0 saturated carbocycles. The van der Waals surface area contributed by atoms with E-state index < -0.39 is 11.4 Å². The van der Waals surface area contributed by atoms with Gasteiger partial charge in [-0.1, -0.05) is 36.4 Å². The molecular formula is C14H15N3O3. The molecule has 1 aromatic heterocycles. The molecule has 0 N–H and O–H groups in total. The summed E-state index contributed by atoms with van der Waals surface area (Å²) in [5.74, 6) is -0.226. The number of carbonyl (C=O) groups excluding carboxylic acids is 1. The molecule has 0 aliphatic rings. The van der Waals surface area contributed by atoms with Crippen molar-refractivity contribution in [2.75, 3.05) is 0 Å². The molecule has 6 nitrogen and oxygen atoms in total. The molecule has 104 valence electrons. The molecule has 0 radical (unpaired) electrons. The van der Waals surface area contributed by atoms with Crippen molar-refractivity contribution in [3.05, 3.63) is 69.5 Å². The average molecular weight is 273 g/mol. The van der Waals surface area contributed by atoms with Crippen LogP contribution < -0.4 is 11.4 Å². The number of benzene rings is 1. The average Bonchev–Trinajstić information content (AvgIpc) is 2.66. The van der Waals surface area contributed by atoms with Gasteiger partial charge in [-0.15, -0.1) is 6.58 Å². The van der Waals surface area contributed by atoms with Gasteiger partial charge in [0.05, 0.1) is 6.54 Å². The zero-order chi connectivity index (χ0) is 14.7. The predicted molar refractivity (Wildman–Crippen MR) is 74.9 cm³/mol. The Morgan fingerprint density at radius 1 is 1.15 bits per heavy atom. The lowest BCUT2D eigenvalue weighted by atomic mass is 10.1. The Morgan fingerprint density at radius 2 is 1.75 bits per heavy atom. The highest BCUT2D eigenvalue weighted by Gasteiger charge is 2.15. The second-order valence-electron chi connectivity index (χ2n) is 4.34. The first-order chi connectivity index (χ1) is 9.56. The maximum absolute atomic E-state index is 12.1. The lowest BCUT2D eigenvalue weighted by molar-refractivity contribution is 0.0960. The number of hydrogen-bond acceptors (Lipinski definition) is 3. The molecule has 6 heteroatoms. The minimum absolute atomic E-state index is 0.174. The molecular weight excluding hydrogens is 258 g/mol. The van der Waals surface area contributed by atoms with E-state index in [4.69, 9.17) is 0 Å². The van der Waals surface area contributed by atoms with E-state index in [0.717, 1.165) is 9.25 Å². The van der Waals surface area contributed by atoms with Crippen molar-refractivity contribution in [2.24, 2.45) is 7.05 Å². The molecule has 1 aromatic carbocycles. The van der Waals surface area contributed by atoms with Crippen LogP contribution in [0.25, 0.3) is 0 Å². The fourth-order valence-electron chi connectivity index (χ4n) is 1.94. The summed E-state index contributed by atoms with van der Waals surface area (Å²) in [5.41, 5.74) is -0.474. The van der Waals surface area contributed by atoms with Gasteiger partial charge in [-0.3, -0.25) is 4.79 Å². The number of ketones is 1. The van der Waals surface area contributed by atoms with Gasteiger partial charge >= 0.3 is 11.4 Å². The summed E-state index contributed by atoms with van der Waals surface area (Å²) in [6.07, 6.45) is 1.50. The third-order valence-corrected chi connectivity index (χ3v) is 3.00. The second-order valence-corrected chi connectivity index (χ2v) is 4.34. The summed E-state index contributed by atoms with van der Waals surface area (Å²) in [4.78, 5) is 36.0. The van der Waals surface area contributed by atoms with E-state index in [2.05, 4.69) is 6.58 Å². The van der Waals surface area contributed by atoms with Crippen LogP contribution in [0.3, 0.4) is 0 Å². The molecule has 0 spiro atoms. The Balaban J connectivity index is 2.42. The number of Topliss-reactive ketones (excluding diaryl/α,β-unsaturated/α-hetero) is 1. The van der Waals surface area contributed by atoms with Crippen molar-refractivity contribution in [2.45, 2.75) is 13.1 Å². The van der Waals surface area contributed by atoms with Crippen LogP contribution in [0.5, 0.6) is 0 Å². The van der Waals surface area contributed by atoms with Crippen LogP contribution in [0.2, 0.25) is 0 Å². The van der Waals surface area contributed by atoms with Crippen molar-refractivity contribution in [3.8, 4) is 0 Å². The molecule has 0 fully saturated rings. The molecule has 0 atom stereocenters. The minimum atomic E-state index is -0.513. The zero-order valence-electron chi connectivity index (χ0n) is 11.2. The first-order valence-electron chi connectivity index (χ1n) is 6.12. The van der Waals surface area contributed by atoms with Gasteiger partial charge in [0.2, 0.25) is 0 Å². The molecule has 0 aliphatic carbocycles. The Bertz CT molecular complexity index is 750. The van der Waals surface area contributed by atoms with Gasteiger partial charge in [-0.2, -0.15) is 0 Å². The van der Waals surface area contributed by atoms with Gasteiger partial charge in [-0.05, 0) is 0 Å². The molecule has 0 bridgehead atoms. The fourth-order valence-corrected chi connectivity index (χ4v) is 1.94. The lowest BCUT2D eigenvalue weighted by Gasteiger charge is -2.06. The minimum Gasteiger partial charge on any atom is -0.292 e. The summed E-state index contributed by atoms with van der Waals surface area (Å²) in [6, 6.07) is 8.65. The maximum Gasteiger partial charge on any atom is 0.347 e.